The third-order valence-corrected chi connectivity index (χ3v) is 4.65. The SMILES string of the molecule is NC1SC=C(CCl)N1c1ncc(Br)cc1Oc1ccccc1. The molecular weight excluding hydrogens is 386 g/mol. The van der Waals surface area contributed by atoms with Gasteiger partial charge in [0.25, 0.3) is 0 Å². The number of nitrogens with zero attached hydrogens (tertiary/aromatic N) is 2. The summed E-state index contributed by atoms with van der Waals surface area (Å²) in [7, 11) is 0. The van der Waals surface area contributed by atoms with E-state index < -0.39 is 0 Å². The molecule has 1 aromatic carbocycles. The first kappa shape index (κ1) is 15.7. The van der Waals surface area contributed by atoms with Gasteiger partial charge < -0.3 is 10.5 Å². The van der Waals surface area contributed by atoms with Gasteiger partial charge in [0.05, 0.1) is 5.88 Å². The molecule has 7 heteroatoms. The number of aromatic nitrogens is 1. The lowest BCUT2D eigenvalue weighted by atomic mass is 10.3. The summed E-state index contributed by atoms with van der Waals surface area (Å²) < 4.78 is 6.81. The number of benzene rings is 1. The molecule has 0 fully saturated rings. The topological polar surface area (TPSA) is 51.4 Å². The molecule has 22 heavy (non-hydrogen) atoms. The van der Waals surface area contributed by atoms with Crippen molar-refractivity contribution in [3.05, 3.63) is 58.2 Å². The van der Waals surface area contributed by atoms with Gasteiger partial charge in [0.15, 0.2) is 11.6 Å². The fourth-order valence-corrected chi connectivity index (χ4v) is 3.52. The van der Waals surface area contributed by atoms with E-state index in [1.807, 2.05) is 46.7 Å². The summed E-state index contributed by atoms with van der Waals surface area (Å²) in [6.07, 6.45) is 1.72. The monoisotopic (exact) mass is 397 g/mol. The van der Waals surface area contributed by atoms with Crippen LogP contribution in [0.25, 0.3) is 0 Å². The van der Waals surface area contributed by atoms with Crippen LogP contribution in [0.15, 0.2) is 58.2 Å². The number of ether oxygens (including phenoxy) is 1. The van der Waals surface area contributed by atoms with E-state index in [1.165, 1.54) is 11.8 Å². The third-order valence-electron chi connectivity index (χ3n) is 3.04. The second-order valence-electron chi connectivity index (χ2n) is 4.53. The average molecular weight is 399 g/mol. The number of alkyl halides is 1. The second kappa shape index (κ2) is 6.91. The van der Waals surface area contributed by atoms with Gasteiger partial charge in [-0.25, -0.2) is 4.98 Å². The van der Waals surface area contributed by atoms with Crippen molar-refractivity contribution in [2.45, 2.75) is 5.50 Å². The number of hydrogen-bond acceptors (Lipinski definition) is 5. The first-order valence-electron chi connectivity index (χ1n) is 6.53. The molecule has 0 spiro atoms. The Balaban J connectivity index is 1.99. The molecule has 0 saturated heterocycles. The van der Waals surface area contributed by atoms with E-state index in [0.717, 1.165) is 15.9 Å². The highest BCUT2D eigenvalue weighted by Crippen LogP contribution is 2.40. The molecule has 0 aliphatic carbocycles. The van der Waals surface area contributed by atoms with Crippen LogP contribution in [0, 0.1) is 0 Å². The molecule has 1 aromatic heterocycles. The summed E-state index contributed by atoms with van der Waals surface area (Å²) in [5.41, 5.74) is 6.79. The predicted molar refractivity (Wildman–Crippen MR) is 95.3 cm³/mol. The molecule has 2 N–H and O–H groups in total. The smallest absolute Gasteiger partial charge is 0.178 e. The van der Waals surface area contributed by atoms with Gasteiger partial charge in [0, 0.05) is 22.4 Å². The maximum Gasteiger partial charge on any atom is 0.178 e. The Kier molecular flexibility index (Phi) is 4.93. The van der Waals surface area contributed by atoms with E-state index in [0.29, 0.717) is 17.4 Å². The number of pyridine rings is 1. The summed E-state index contributed by atoms with van der Waals surface area (Å²) in [5, 5.41) is 1.95. The highest BCUT2D eigenvalue weighted by Gasteiger charge is 2.28. The summed E-state index contributed by atoms with van der Waals surface area (Å²) in [6, 6.07) is 11.4. The Bertz CT molecular complexity index is 698. The van der Waals surface area contributed by atoms with E-state index in [2.05, 4.69) is 20.9 Å². The molecule has 1 atom stereocenters. The first-order chi connectivity index (χ1) is 10.7. The minimum atomic E-state index is -0.263. The van der Waals surface area contributed by atoms with Crippen LogP contribution in [0.5, 0.6) is 11.5 Å². The summed E-state index contributed by atoms with van der Waals surface area (Å²) in [6.45, 7) is 0. The zero-order valence-electron chi connectivity index (χ0n) is 11.4. The number of thioether (sulfide) groups is 1. The minimum absolute atomic E-state index is 0.263. The molecule has 0 radical (unpaired) electrons. The van der Waals surface area contributed by atoms with Crippen molar-refractivity contribution in [3.63, 3.8) is 0 Å². The highest BCUT2D eigenvalue weighted by molar-refractivity contribution is 9.10. The average Bonchev–Trinajstić information content (AvgIpc) is 2.89. The number of anilines is 1. The Labute approximate surface area is 146 Å². The van der Waals surface area contributed by atoms with Crippen LogP contribution in [-0.4, -0.2) is 16.4 Å². The molecule has 1 aliphatic heterocycles. The lowest BCUT2D eigenvalue weighted by molar-refractivity contribution is 0.479. The van der Waals surface area contributed by atoms with E-state index in [-0.39, 0.29) is 5.50 Å². The molecule has 3 rings (SSSR count). The zero-order valence-corrected chi connectivity index (χ0v) is 14.6. The van der Waals surface area contributed by atoms with Crippen molar-refractivity contribution in [1.82, 2.24) is 4.98 Å². The number of allylic oxidation sites excluding steroid dienone is 1. The molecule has 4 nitrogen and oxygen atoms in total. The fraction of sp³-hybridized carbons (Fsp3) is 0.133. The number of nitrogens with two attached hydrogens (primary N) is 1. The molecule has 2 heterocycles. The van der Waals surface area contributed by atoms with Gasteiger partial charge in [0.1, 0.15) is 11.2 Å². The van der Waals surface area contributed by atoms with Gasteiger partial charge >= 0.3 is 0 Å². The van der Waals surface area contributed by atoms with Crippen LogP contribution in [0.1, 0.15) is 0 Å². The standard InChI is InChI=1S/C15H13BrClN3OS/c16-10-6-13(21-12-4-2-1-3-5-12)14(19-8-10)20-11(7-17)9-22-15(20)18/h1-6,8-9,15H,7,18H2. The van der Waals surface area contributed by atoms with E-state index >= 15 is 0 Å². The third kappa shape index (κ3) is 3.25. The summed E-state index contributed by atoms with van der Waals surface area (Å²) >= 11 is 10.9. The Morgan fingerprint density at radius 2 is 2.14 bits per heavy atom. The van der Waals surface area contributed by atoms with Gasteiger partial charge in [-0.05, 0) is 33.5 Å². The molecule has 2 aromatic rings. The van der Waals surface area contributed by atoms with Crippen molar-refractivity contribution >= 4 is 45.1 Å². The first-order valence-corrected chi connectivity index (χ1v) is 8.80. The predicted octanol–water partition coefficient (Wildman–Crippen LogP) is 4.51. The van der Waals surface area contributed by atoms with Gasteiger partial charge in [0.2, 0.25) is 0 Å². The summed E-state index contributed by atoms with van der Waals surface area (Å²) in [4.78, 5) is 6.36. The molecule has 1 unspecified atom stereocenters. The van der Waals surface area contributed by atoms with Crippen molar-refractivity contribution in [1.29, 1.82) is 0 Å². The maximum atomic E-state index is 6.15. The quantitative estimate of drug-likeness (QED) is 0.768. The van der Waals surface area contributed by atoms with Crippen LogP contribution in [0.2, 0.25) is 0 Å². The number of hydrogen-bond donors (Lipinski definition) is 1. The zero-order chi connectivity index (χ0) is 15.5. The number of rotatable bonds is 4. The van der Waals surface area contributed by atoms with Gasteiger partial charge in [-0.1, -0.05) is 30.0 Å². The molecule has 0 bridgehead atoms. The number of halogens is 2. The van der Waals surface area contributed by atoms with Crippen LogP contribution >= 0.6 is 39.3 Å². The van der Waals surface area contributed by atoms with Crippen molar-refractivity contribution < 1.29 is 4.74 Å². The van der Waals surface area contributed by atoms with Crippen LogP contribution in [-0.2, 0) is 0 Å². The Hall–Kier alpha value is -1.21. The number of para-hydroxylation sites is 1. The van der Waals surface area contributed by atoms with Crippen LogP contribution in [0.3, 0.4) is 0 Å². The fourth-order valence-electron chi connectivity index (χ4n) is 2.07. The largest absolute Gasteiger partial charge is 0.453 e. The molecular formula is C15H13BrClN3OS. The van der Waals surface area contributed by atoms with Crippen molar-refractivity contribution in [2.24, 2.45) is 5.73 Å². The van der Waals surface area contributed by atoms with E-state index in [4.69, 9.17) is 22.1 Å². The van der Waals surface area contributed by atoms with Gasteiger partial charge in [-0.15, -0.1) is 11.6 Å². The lowest BCUT2D eigenvalue weighted by Gasteiger charge is -2.26. The second-order valence-corrected chi connectivity index (χ2v) is 6.70. The highest BCUT2D eigenvalue weighted by atomic mass is 79.9. The normalized spacial score (nSPS) is 17.5. The van der Waals surface area contributed by atoms with Crippen molar-refractivity contribution in [3.8, 4) is 11.5 Å². The Morgan fingerprint density at radius 1 is 1.36 bits per heavy atom. The van der Waals surface area contributed by atoms with Gasteiger partial charge in [-0.3, -0.25) is 4.90 Å². The maximum absolute atomic E-state index is 6.15. The summed E-state index contributed by atoms with van der Waals surface area (Å²) in [5.74, 6) is 2.37. The van der Waals surface area contributed by atoms with Crippen LogP contribution in [0.4, 0.5) is 5.82 Å². The molecule has 0 amide bonds. The lowest BCUT2D eigenvalue weighted by Crippen LogP contribution is -2.36. The Morgan fingerprint density at radius 3 is 2.86 bits per heavy atom. The van der Waals surface area contributed by atoms with Crippen LogP contribution < -0.4 is 15.4 Å². The minimum Gasteiger partial charge on any atom is -0.453 e. The molecule has 114 valence electrons. The molecule has 1 aliphatic rings. The van der Waals surface area contributed by atoms with Crippen molar-refractivity contribution in [2.75, 3.05) is 10.8 Å². The van der Waals surface area contributed by atoms with Gasteiger partial charge in [-0.2, -0.15) is 0 Å². The van der Waals surface area contributed by atoms with E-state index in [1.54, 1.807) is 6.20 Å². The molecule has 0 saturated carbocycles. The van der Waals surface area contributed by atoms with E-state index in [9.17, 15) is 0 Å².